The highest BCUT2D eigenvalue weighted by Crippen LogP contribution is 2.35. The summed E-state index contributed by atoms with van der Waals surface area (Å²) < 4.78 is 1.96. The van der Waals surface area contributed by atoms with Crippen LogP contribution >= 0.6 is 0 Å². The topological polar surface area (TPSA) is 80.0 Å². The zero-order valence-electron chi connectivity index (χ0n) is 14.9. The highest BCUT2D eigenvalue weighted by atomic mass is 16.3. The van der Waals surface area contributed by atoms with Gasteiger partial charge in [-0.2, -0.15) is 0 Å². The number of rotatable bonds is 7. The van der Waals surface area contributed by atoms with E-state index in [0.29, 0.717) is 24.6 Å². The number of aromatic nitrogens is 3. The predicted octanol–water partition coefficient (Wildman–Crippen LogP) is 2.08. The second kappa shape index (κ2) is 7.35. The van der Waals surface area contributed by atoms with Crippen molar-refractivity contribution in [3.8, 4) is 0 Å². The van der Waals surface area contributed by atoms with Crippen LogP contribution in [0, 0.1) is 0 Å². The summed E-state index contributed by atoms with van der Waals surface area (Å²) in [6.07, 6.45) is 4.58. The molecule has 1 aromatic carbocycles. The summed E-state index contributed by atoms with van der Waals surface area (Å²) in [6.45, 7) is 1.83. The van der Waals surface area contributed by atoms with Gasteiger partial charge in [-0.15, -0.1) is 10.2 Å². The molecule has 2 aromatic rings. The Morgan fingerprint density at radius 3 is 2.68 bits per heavy atom. The lowest BCUT2D eigenvalue weighted by molar-refractivity contribution is -0.138. The zero-order valence-corrected chi connectivity index (χ0v) is 14.9. The molecule has 1 atom stereocenters. The van der Waals surface area contributed by atoms with E-state index in [1.807, 2.05) is 41.9 Å². The van der Waals surface area contributed by atoms with Crippen molar-refractivity contribution in [1.82, 2.24) is 20.1 Å². The third kappa shape index (κ3) is 4.07. The number of nitrogens with zero attached hydrogens (tertiary/aromatic N) is 3. The van der Waals surface area contributed by atoms with Crippen molar-refractivity contribution in [3.63, 3.8) is 0 Å². The van der Waals surface area contributed by atoms with Gasteiger partial charge in [0.05, 0.1) is 6.54 Å². The van der Waals surface area contributed by atoms with Crippen molar-refractivity contribution in [3.05, 3.63) is 47.5 Å². The molecule has 1 fully saturated rings. The maximum absolute atomic E-state index is 12.4. The molecule has 0 spiro atoms. The van der Waals surface area contributed by atoms with Crippen molar-refractivity contribution in [2.75, 3.05) is 0 Å². The SMILES string of the molecule is Cn1c(CNC(=O)C(C)(O)CCc2ccccc2)nnc1C1CCC1. The van der Waals surface area contributed by atoms with Gasteiger partial charge in [-0.25, -0.2) is 0 Å². The molecular formula is C19H26N4O2. The predicted molar refractivity (Wildman–Crippen MR) is 94.8 cm³/mol. The first-order valence-electron chi connectivity index (χ1n) is 8.90. The van der Waals surface area contributed by atoms with Gasteiger partial charge >= 0.3 is 0 Å². The highest BCUT2D eigenvalue weighted by Gasteiger charge is 2.30. The van der Waals surface area contributed by atoms with Gasteiger partial charge in [-0.1, -0.05) is 36.8 Å². The lowest BCUT2D eigenvalue weighted by Gasteiger charge is -2.24. The van der Waals surface area contributed by atoms with E-state index >= 15 is 0 Å². The maximum Gasteiger partial charge on any atom is 0.252 e. The number of aryl methyl sites for hydroxylation is 1. The van der Waals surface area contributed by atoms with Crippen LogP contribution in [0.4, 0.5) is 0 Å². The van der Waals surface area contributed by atoms with E-state index in [2.05, 4.69) is 15.5 Å². The maximum atomic E-state index is 12.4. The number of benzene rings is 1. The number of hydrogen-bond donors (Lipinski definition) is 2. The summed E-state index contributed by atoms with van der Waals surface area (Å²) in [4.78, 5) is 12.4. The van der Waals surface area contributed by atoms with E-state index in [9.17, 15) is 9.90 Å². The second-order valence-corrected chi connectivity index (χ2v) is 7.10. The molecule has 3 rings (SSSR count). The second-order valence-electron chi connectivity index (χ2n) is 7.10. The molecule has 1 heterocycles. The van der Waals surface area contributed by atoms with Crippen LogP contribution < -0.4 is 5.32 Å². The molecule has 0 bridgehead atoms. The molecule has 0 aliphatic heterocycles. The number of nitrogens with one attached hydrogen (secondary N) is 1. The molecule has 6 heteroatoms. The van der Waals surface area contributed by atoms with Crippen LogP contribution in [0.15, 0.2) is 30.3 Å². The van der Waals surface area contributed by atoms with Gasteiger partial charge in [-0.05, 0) is 38.2 Å². The van der Waals surface area contributed by atoms with Gasteiger partial charge in [0.2, 0.25) is 0 Å². The fourth-order valence-corrected chi connectivity index (χ4v) is 3.05. The van der Waals surface area contributed by atoms with Gasteiger partial charge in [-0.3, -0.25) is 4.79 Å². The average Bonchev–Trinajstić information content (AvgIpc) is 2.91. The van der Waals surface area contributed by atoms with Crippen molar-refractivity contribution in [1.29, 1.82) is 0 Å². The van der Waals surface area contributed by atoms with Crippen LogP contribution in [0.3, 0.4) is 0 Å². The Kier molecular flexibility index (Phi) is 5.18. The van der Waals surface area contributed by atoms with E-state index in [-0.39, 0.29) is 12.5 Å². The minimum atomic E-state index is -1.41. The molecule has 1 amide bonds. The minimum absolute atomic E-state index is 0.274. The Morgan fingerprint density at radius 2 is 2.04 bits per heavy atom. The molecule has 134 valence electrons. The molecule has 1 unspecified atom stereocenters. The zero-order chi connectivity index (χ0) is 17.9. The van der Waals surface area contributed by atoms with Gasteiger partial charge in [0, 0.05) is 13.0 Å². The van der Waals surface area contributed by atoms with Crippen LogP contribution in [-0.2, 0) is 24.8 Å². The lowest BCUT2D eigenvalue weighted by Crippen LogP contribution is -2.44. The van der Waals surface area contributed by atoms with Crippen LogP contribution in [0.1, 0.15) is 55.7 Å². The van der Waals surface area contributed by atoms with Crippen molar-refractivity contribution in [2.45, 2.75) is 57.1 Å². The van der Waals surface area contributed by atoms with Crippen LogP contribution in [0.2, 0.25) is 0 Å². The molecule has 0 radical (unpaired) electrons. The van der Waals surface area contributed by atoms with Gasteiger partial charge in [0.15, 0.2) is 5.82 Å². The fourth-order valence-electron chi connectivity index (χ4n) is 3.05. The van der Waals surface area contributed by atoms with Gasteiger partial charge in [0.25, 0.3) is 5.91 Å². The van der Waals surface area contributed by atoms with Crippen molar-refractivity contribution in [2.24, 2.45) is 7.05 Å². The van der Waals surface area contributed by atoms with E-state index < -0.39 is 5.60 Å². The Hall–Kier alpha value is -2.21. The van der Waals surface area contributed by atoms with Crippen molar-refractivity contribution < 1.29 is 9.90 Å². The molecule has 25 heavy (non-hydrogen) atoms. The van der Waals surface area contributed by atoms with E-state index in [4.69, 9.17) is 0 Å². The van der Waals surface area contributed by atoms with Gasteiger partial charge in [0.1, 0.15) is 11.4 Å². The first-order valence-corrected chi connectivity index (χ1v) is 8.90. The summed E-state index contributed by atoms with van der Waals surface area (Å²) >= 11 is 0. The van der Waals surface area contributed by atoms with Crippen LogP contribution in [0.25, 0.3) is 0 Å². The standard InChI is InChI=1S/C19H26N4O2/c1-19(25,12-11-14-7-4-3-5-8-14)18(24)20-13-16-21-22-17(23(16)2)15-9-6-10-15/h3-5,7-8,15,25H,6,9-13H2,1-2H3,(H,20,24). The Bertz CT molecular complexity index is 720. The fraction of sp³-hybridized carbons (Fsp3) is 0.526. The van der Waals surface area contributed by atoms with Crippen molar-refractivity contribution >= 4 is 5.91 Å². The molecule has 2 N–H and O–H groups in total. The number of aliphatic hydroxyl groups is 1. The monoisotopic (exact) mass is 342 g/mol. The van der Waals surface area contributed by atoms with Crippen LogP contribution in [0.5, 0.6) is 0 Å². The third-order valence-corrected chi connectivity index (χ3v) is 5.11. The molecule has 1 aliphatic carbocycles. The largest absolute Gasteiger partial charge is 0.380 e. The summed E-state index contributed by atoms with van der Waals surface area (Å²) in [5, 5.41) is 21.7. The number of amides is 1. The van der Waals surface area contributed by atoms with E-state index in [1.54, 1.807) is 6.92 Å². The first-order chi connectivity index (χ1) is 12.0. The molecule has 1 aromatic heterocycles. The third-order valence-electron chi connectivity index (χ3n) is 5.11. The average molecular weight is 342 g/mol. The highest BCUT2D eigenvalue weighted by molar-refractivity contribution is 5.84. The number of carbonyl (C=O) groups is 1. The number of carbonyl (C=O) groups excluding carboxylic acids is 1. The normalized spacial score (nSPS) is 16.9. The Morgan fingerprint density at radius 1 is 1.32 bits per heavy atom. The van der Waals surface area contributed by atoms with Crippen LogP contribution in [-0.4, -0.2) is 31.4 Å². The minimum Gasteiger partial charge on any atom is -0.380 e. The number of hydrogen-bond acceptors (Lipinski definition) is 4. The molecular weight excluding hydrogens is 316 g/mol. The molecule has 0 saturated heterocycles. The Balaban J connectivity index is 1.53. The quantitative estimate of drug-likeness (QED) is 0.807. The summed E-state index contributed by atoms with van der Waals surface area (Å²) in [7, 11) is 1.93. The molecule has 6 nitrogen and oxygen atoms in total. The first kappa shape index (κ1) is 17.6. The lowest BCUT2D eigenvalue weighted by atomic mass is 9.85. The molecule has 1 saturated carbocycles. The van der Waals surface area contributed by atoms with Gasteiger partial charge < -0.3 is 15.0 Å². The molecule has 1 aliphatic rings. The van der Waals surface area contributed by atoms with E-state index in [1.165, 1.54) is 6.42 Å². The van der Waals surface area contributed by atoms with E-state index in [0.717, 1.165) is 24.2 Å². The smallest absolute Gasteiger partial charge is 0.252 e. The summed E-state index contributed by atoms with van der Waals surface area (Å²) in [5.41, 5.74) is -0.306. The summed E-state index contributed by atoms with van der Waals surface area (Å²) in [5.74, 6) is 1.83. The summed E-state index contributed by atoms with van der Waals surface area (Å²) in [6, 6.07) is 9.86. The Labute approximate surface area is 148 Å².